The Hall–Kier alpha value is -3.47. The lowest BCUT2D eigenvalue weighted by atomic mass is 9.99. The molecule has 3 atom stereocenters. The summed E-state index contributed by atoms with van der Waals surface area (Å²) in [5.74, 6) is -0.647. The van der Waals surface area contributed by atoms with Gasteiger partial charge in [0.15, 0.2) is 10.1 Å². The molecule has 0 saturated carbocycles. The van der Waals surface area contributed by atoms with Gasteiger partial charge in [-0.1, -0.05) is 6.92 Å². The van der Waals surface area contributed by atoms with Crippen LogP contribution >= 0.6 is 0 Å². The number of imidazole rings is 2. The van der Waals surface area contributed by atoms with E-state index in [1.165, 1.54) is 64.3 Å². The highest BCUT2D eigenvalue weighted by molar-refractivity contribution is 7.92. The number of ether oxygens (including phenoxy) is 1. The Kier molecular flexibility index (Phi) is 8.26. The lowest BCUT2D eigenvalue weighted by Crippen LogP contribution is -2.50. The minimum absolute atomic E-state index is 0.0525. The molecule has 1 aliphatic rings. The molecule has 2 aromatic heterocycles. The maximum absolute atomic E-state index is 13.6. The molecule has 3 heterocycles. The van der Waals surface area contributed by atoms with Crippen molar-refractivity contribution in [1.82, 2.24) is 28.3 Å². The summed E-state index contributed by atoms with van der Waals surface area (Å²) in [5.41, 5.74) is 0.173. The molecule has 0 saturated heterocycles. The van der Waals surface area contributed by atoms with Crippen LogP contribution in [-0.2, 0) is 34.1 Å². The molecule has 14 nitrogen and oxygen atoms in total. The number of sulfonamides is 2. The van der Waals surface area contributed by atoms with Crippen LogP contribution in [0.5, 0.6) is 5.75 Å². The van der Waals surface area contributed by atoms with Crippen molar-refractivity contribution >= 4 is 31.6 Å². The summed E-state index contributed by atoms with van der Waals surface area (Å²) in [7, 11) is -3.22. The van der Waals surface area contributed by atoms with Gasteiger partial charge in [0.05, 0.1) is 37.4 Å². The van der Waals surface area contributed by atoms with Gasteiger partial charge in [-0.15, -0.1) is 0 Å². The van der Waals surface area contributed by atoms with Gasteiger partial charge in [0.1, 0.15) is 11.9 Å². The fourth-order valence-corrected chi connectivity index (χ4v) is 6.45. The number of benzene rings is 1. The minimum Gasteiger partial charge on any atom is -0.488 e. The number of hydrogen-bond acceptors (Lipinski definition) is 9. The molecular formula is C24H33N7O7S2. The van der Waals surface area contributed by atoms with Gasteiger partial charge < -0.3 is 23.9 Å². The second-order valence-electron chi connectivity index (χ2n) is 9.98. The molecule has 0 spiro atoms. The summed E-state index contributed by atoms with van der Waals surface area (Å²) >= 11 is 0. The number of fused-ring (bicyclic) bond motifs is 1. The van der Waals surface area contributed by atoms with Crippen molar-refractivity contribution < 1.29 is 31.5 Å². The van der Waals surface area contributed by atoms with E-state index in [1.807, 2.05) is 6.92 Å². The molecule has 0 bridgehead atoms. The Labute approximate surface area is 233 Å². The van der Waals surface area contributed by atoms with Gasteiger partial charge in [-0.05, 0) is 25.1 Å². The fraction of sp³-hybridized carbons (Fsp3) is 0.458. The van der Waals surface area contributed by atoms with Crippen molar-refractivity contribution in [2.45, 2.75) is 36.0 Å². The summed E-state index contributed by atoms with van der Waals surface area (Å²) in [5, 5.41) is 9.57. The van der Waals surface area contributed by atoms with Crippen molar-refractivity contribution in [2.75, 3.05) is 31.5 Å². The van der Waals surface area contributed by atoms with Crippen molar-refractivity contribution in [3.8, 4) is 5.75 Å². The molecule has 1 aromatic carbocycles. The fourth-order valence-electron chi connectivity index (χ4n) is 4.27. The van der Waals surface area contributed by atoms with Crippen molar-refractivity contribution in [2.24, 2.45) is 20.0 Å². The number of aliphatic hydroxyl groups is 1. The maximum Gasteiger partial charge on any atom is 0.280 e. The van der Waals surface area contributed by atoms with Crippen LogP contribution in [0.4, 0.5) is 5.69 Å². The van der Waals surface area contributed by atoms with Crippen LogP contribution in [0.1, 0.15) is 24.2 Å². The number of hydrogen-bond donors (Lipinski definition) is 2. The van der Waals surface area contributed by atoms with Gasteiger partial charge in [0.25, 0.3) is 26.0 Å². The zero-order chi connectivity index (χ0) is 29.4. The van der Waals surface area contributed by atoms with Gasteiger partial charge in [-0.3, -0.25) is 9.52 Å². The number of aryl methyl sites for hydroxylation is 2. The predicted octanol–water partition coefficient (Wildman–Crippen LogP) is 0.495. The highest BCUT2D eigenvalue weighted by Gasteiger charge is 2.36. The van der Waals surface area contributed by atoms with Crippen LogP contribution in [0.15, 0.2) is 53.3 Å². The first kappa shape index (κ1) is 29.5. The summed E-state index contributed by atoms with van der Waals surface area (Å²) in [6.45, 7) is 3.32. The Morgan fingerprint density at radius 1 is 1.12 bits per heavy atom. The maximum atomic E-state index is 13.6. The van der Waals surface area contributed by atoms with E-state index in [9.17, 15) is 26.7 Å². The zero-order valence-corrected chi connectivity index (χ0v) is 24.4. The number of nitrogens with one attached hydrogen (secondary N) is 1. The Balaban J connectivity index is 1.68. The first-order chi connectivity index (χ1) is 18.7. The molecule has 16 heteroatoms. The molecule has 1 aliphatic heterocycles. The van der Waals surface area contributed by atoms with Crippen molar-refractivity contribution in [1.29, 1.82) is 0 Å². The molecule has 40 heavy (non-hydrogen) atoms. The number of aliphatic hydroxyl groups excluding tert-OH is 1. The van der Waals surface area contributed by atoms with E-state index < -0.39 is 38.1 Å². The Bertz CT molecular complexity index is 1600. The van der Waals surface area contributed by atoms with E-state index in [0.717, 1.165) is 4.31 Å². The van der Waals surface area contributed by atoms with Gasteiger partial charge in [-0.2, -0.15) is 12.7 Å². The predicted molar refractivity (Wildman–Crippen MR) is 145 cm³/mol. The summed E-state index contributed by atoms with van der Waals surface area (Å²) in [6, 6.07) is 3.70. The van der Waals surface area contributed by atoms with Gasteiger partial charge in [-0.25, -0.2) is 18.4 Å². The average molecular weight is 596 g/mol. The normalized spacial score (nSPS) is 19.1. The number of rotatable bonds is 9. The van der Waals surface area contributed by atoms with Crippen LogP contribution in [0.25, 0.3) is 0 Å². The minimum atomic E-state index is -4.03. The molecule has 1 amide bonds. The number of carbonyl (C=O) groups excluding carboxylic acids is 1. The van der Waals surface area contributed by atoms with Gasteiger partial charge in [0.2, 0.25) is 0 Å². The molecule has 0 unspecified atom stereocenters. The van der Waals surface area contributed by atoms with Crippen LogP contribution in [0.3, 0.4) is 0 Å². The molecular weight excluding hydrogens is 562 g/mol. The van der Waals surface area contributed by atoms with Gasteiger partial charge in [0, 0.05) is 51.7 Å². The van der Waals surface area contributed by atoms with E-state index >= 15 is 0 Å². The van der Waals surface area contributed by atoms with Crippen LogP contribution in [-0.4, -0.2) is 95.0 Å². The van der Waals surface area contributed by atoms with Crippen molar-refractivity contribution in [3.05, 3.63) is 48.8 Å². The smallest absolute Gasteiger partial charge is 0.280 e. The molecule has 2 N–H and O–H groups in total. The monoisotopic (exact) mass is 595 g/mol. The van der Waals surface area contributed by atoms with E-state index in [1.54, 1.807) is 21.0 Å². The van der Waals surface area contributed by atoms with Crippen LogP contribution in [0.2, 0.25) is 0 Å². The Morgan fingerprint density at radius 2 is 1.75 bits per heavy atom. The summed E-state index contributed by atoms with van der Waals surface area (Å²) < 4.78 is 64.7. The summed E-state index contributed by atoms with van der Waals surface area (Å²) in [6.07, 6.45) is 4.80. The number of anilines is 1. The lowest BCUT2D eigenvalue weighted by molar-refractivity contribution is 0.0387. The molecule has 218 valence electrons. The first-order valence-corrected chi connectivity index (χ1v) is 15.3. The third-order valence-corrected chi connectivity index (χ3v) is 9.64. The third kappa shape index (κ3) is 5.99. The van der Waals surface area contributed by atoms with E-state index in [2.05, 4.69) is 14.7 Å². The second-order valence-corrected chi connectivity index (χ2v) is 13.6. The van der Waals surface area contributed by atoms with Crippen LogP contribution in [0, 0.1) is 5.92 Å². The first-order valence-electron chi connectivity index (χ1n) is 12.4. The zero-order valence-electron chi connectivity index (χ0n) is 22.8. The molecule has 0 radical (unpaired) electrons. The number of nitrogens with zero attached hydrogens (tertiary/aromatic N) is 6. The summed E-state index contributed by atoms with van der Waals surface area (Å²) in [4.78, 5) is 22.9. The van der Waals surface area contributed by atoms with Crippen molar-refractivity contribution in [3.63, 3.8) is 0 Å². The van der Waals surface area contributed by atoms with E-state index in [0.29, 0.717) is 0 Å². The third-order valence-electron chi connectivity index (χ3n) is 6.67. The highest BCUT2D eigenvalue weighted by atomic mass is 32.2. The molecule has 4 rings (SSSR count). The lowest BCUT2D eigenvalue weighted by Gasteiger charge is -2.38. The van der Waals surface area contributed by atoms with Gasteiger partial charge >= 0.3 is 0 Å². The average Bonchev–Trinajstić information content (AvgIpc) is 3.54. The molecule has 3 aromatic rings. The van der Waals surface area contributed by atoms with E-state index in [4.69, 9.17) is 4.74 Å². The second kappa shape index (κ2) is 11.2. The number of carbonyl (C=O) groups is 1. The molecule has 0 aliphatic carbocycles. The number of amides is 1. The SMILES string of the molecule is C[C@@H]1CN([C@@H](C)CO)C(=O)c2cc(NS(=O)(=O)c3cn(C)cn3)ccc2O[C@H]1CN(C)S(=O)(=O)c1cn(C)cn1. The highest BCUT2D eigenvalue weighted by Crippen LogP contribution is 2.31. The van der Waals surface area contributed by atoms with E-state index in [-0.39, 0.29) is 52.7 Å². The quantitative estimate of drug-likeness (QED) is 0.358. The van der Waals surface area contributed by atoms with Crippen LogP contribution < -0.4 is 9.46 Å². The standard InChI is InChI=1S/C24H33N7O7S2/c1-16-9-31(17(2)13-32)24(33)19-8-18(27-39(34,35)22-11-28(3)14-25-22)6-7-20(19)38-21(16)10-30(5)40(36,37)23-12-29(4)15-26-23/h6-8,11-12,14-17,21,27,32H,9-10,13H2,1-5H3/t16-,17+,21+/m1/s1. The largest absolute Gasteiger partial charge is 0.488 e. The number of aromatic nitrogens is 4. The Morgan fingerprint density at radius 3 is 2.33 bits per heavy atom. The number of likely N-dealkylation sites (N-methyl/N-ethyl adjacent to an activating group) is 1. The molecule has 0 fully saturated rings. The topological polar surface area (TPSA) is 169 Å².